The van der Waals surface area contributed by atoms with E-state index in [1.165, 1.54) is 0 Å². The summed E-state index contributed by atoms with van der Waals surface area (Å²) in [4.78, 5) is 14.1. The number of hydrogen-bond donors (Lipinski definition) is 1. The second kappa shape index (κ2) is 7.33. The average Bonchev–Trinajstić information content (AvgIpc) is 2.33. The van der Waals surface area contributed by atoms with Crippen molar-refractivity contribution in [2.45, 2.75) is 32.7 Å². The van der Waals surface area contributed by atoms with Crippen molar-refractivity contribution in [3.05, 3.63) is 5.28 Å². The Balaban J connectivity index is 2.99. The topological polar surface area (TPSA) is 77.2 Å². The highest BCUT2D eigenvalue weighted by Crippen LogP contribution is 2.18. The van der Waals surface area contributed by atoms with Gasteiger partial charge in [-0.25, -0.2) is 0 Å². The summed E-state index contributed by atoms with van der Waals surface area (Å²) in [6.07, 6.45) is 1.98. The van der Waals surface area contributed by atoms with E-state index >= 15 is 0 Å². The molecule has 0 saturated heterocycles. The highest BCUT2D eigenvalue weighted by Gasteiger charge is 2.19. The molecule has 0 saturated carbocycles. The Morgan fingerprint density at radius 1 is 1.28 bits per heavy atom. The van der Waals surface area contributed by atoms with E-state index < -0.39 is 0 Å². The standard InChI is InChI=1S/C11H20ClN5O/c1-4-8(5-2)17(6-7-18-3)11-15-9(12)14-10(13)16-11/h8H,4-7H2,1-3H3,(H2,13,14,15,16). The molecule has 0 spiro atoms. The summed E-state index contributed by atoms with van der Waals surface area (Å²) >= 11 is 5.82. The minimum atomic E-state index is 0.117. The molecule has 0 atom stereocenters. The molecule has 1 aromatic rings. The van der Waals surface area contributed by atoms with E-state index in [4.69, 9.17) is 22.1 Å². The van der Waals surface area contributed by atoms with Crippen molar-refractivity contribution in [1.29, 1.82) is 0 Å². The lowest BCUT2D eigenvalue weighted by Gasteiger charge is -2.30. The second-order valence-electron chi connectivity index (χ2n) is 3.92. The first-order valence-corrected chi connectivity index (χ1v) is 6.42. The van der Waals surface area contributed by atoms with Gasteiger partial charge in [0.2, 0.25) is 17.2 Å². The molecule has 0 aliphatic heterocycles. The predicted octanol–water partition coefficient (Wildman–Crippen LogP) is 1.75. The number of nitrogens with two attached hydrogens (primary N) is 1. The van der Waals surface area contributed by atoms with Crippen LogP contribution in [0.2, 0.25) is 5.28 Å². The maximum absolute atomic E-state index is 5.82. The highest BCUT2D eigenvalue weighted by atomic mass is 35.5. The van der Waals surface area contributed by atoms with Gasteiger partial charge in [-0.3, -0.25) is 0 Å². The number of halogens is 1. The zero-order valence-electron chi connectivity index (χ0n) is 11.1. The molecule has 0 unspecified atom stereocenters. The van der Waals surface area contributed by atoms with Crippen molar-refractivity contribution >= 4 is 23.5 Å². The normalized spacial score (nSPS) is 10.9. The lowest BCUT2D eigenvalue weighted by molar-refractivity contribution is 0.202. The van der Waals surface area contributed by atoms with Crippen LogP contribution in [0.5, 0.6) is 0 Å². The van der Waals surface area contributed by atoms with Gasteiger partial charge >= 0.3 is 0 Å². The molecule has 0 radical (unpaired) electrons. The lowest BCUT2D eigenvalue weighted by atomic mass is 10.1. The van der Waals surface area contributed by atoms with Gasteiger partial charge in [-0.1, -0.05) is 13.8 Å². The van der Waals surface area contributed by atoms with Crippen LogP contribution in [0.1, 0.15) is 26.7 Å². The average molecular weight is 274 g/mol. The molecule has 0 aromatic carbocycles. The van der Waals surface area contributed by atoms with Gasteiger partial charge in [0, 0.05) is 19.7 Å². The number of methoxy groups -OCH3 is 1. The van der Waals surface area contributed by atoms with Gasteiger partial charge in [0.05, 0.1) is 6.61 Å². The molecule has 18 heavy (non-hydrogen) atoms. The third kappa shape index (κ3) is 3.96. The minimum Gasteiger partial charge on any atom is -0.383 e. The van der Waals surface area contributed by atoms with Crippen LogP contribution in [0, 0.1) is 0 Å². The number of ether oxygens (including phenoxy) is 1. The first kappa shape index (κ1) is 14.9. The van der Waals surface area contributed by atoms with Crippen molar-refractivity contribution in [2.24, 2.45) is 0 Å². The molecular formula is C11H20ClN5O. The molecule has 1 heterocycles. The Hall–Kier alpha value is -1.14. The van der Waals surface area contributed by atoms with Gasteiger partial charge in [0.15, 0.2) is 0 Å². The van der Waals surface area contributed by atoms with E-state index in [1.807, 2.05) is 0 Å². The molecule has 1 aromatic heterocycles. The van der Waals surface area contributed by atoms with E-state index in [2.05, 4.69) is 33.7 Å². The summed E-state index contributed by atoms with van der Waals surface area (Å²) < 4.78 is 5.12. The van der Waals surface area contributed by atoms with Gasteiger partial charge in [-0.15, -0.1) is 0 Å². The Kier molecular flexibility index (Phi) is 6.07. The Morgan fingerprint density at radius 3 is 2.44 bits per heavy atom. The van der Waals surface area contributed by atoms with Crippen LogP contribution in [0.4, 0.5) is 11.9 Å². The highest BCUT2D eigenvalue weighted by molar-refractivity contribution is 6.28. The zero-order valence-corrected chi connectivity index (χ0v) is 11.8. The molecule has 1 rings (SSSR count). The fraction of sp³-hybridized carbons (Fsp3) is 0.727. The Bertz CT molecular complexity index is 352. The maximum Gasteiger partial charge on any atom is 0.231 e. The van der Waals surface area contributed by atoms with Gasteiger partial charge in [0.25, 0.3) is 0 Å². The van der Waals surface area contributed by atoms with Crippen LogP contribution in [-0.4, -0.2) is 41.3 Å². The number of rotatable bonds is 7. The largest absolute Gasteiger partial charge is 0.383 e. The van der Waals surface area contributed by atoms with Crippen LogP contribution in [0.15, 0.2) is 0 Å². The molecule has 0 bridgehead atoms. The molecule has 102 valence electrons. The number of hydrogen-bond acceptors (Lipinski definition) is 6. The zero-order chi connectivity index (χ0) is 13.5. The Morgan fingerprint density at radius 2 is 1.94 bits per heavy atom. The predicted molar refractivity (Wildman–Crippen MR) is 72.8 cm³/mol. The number of nitrogens with zero attached hydrogens (tertiary/aromatic N) is 4. The van der Waals surface area contributed by atoms with Crippen LogP contribution < -0.4 is 10.6 Å². The van der Waals surface area contributed by atoms with Crippen LogP contribution in [0.3, 0.4) is 0 Å². The molecule has 2 N–H and O–H groups in total. The molecular weight excluding hydrogens is 254 g/mol. The van der Waals surface area contributed by atoms with Crippen molar-refractivity contribution in [3.8, 4) is 0 Å². The molecule has 7 heteroatoms. The van der Waals surface area contributed by atoms with Crippen LogP contribution >= 0.6 is 11.6 Å². The number of anilines is 2. The fourth-order valence-electron chi connectivity index (χ4n) is 1.85. The molecule has 6 nitrogen and oxygen atoms in total. The van der Waals surface area contributed by atoms with Gasteiger partial charge in [0.1, 0.15) is 0 Å². The van der Waals surface area contributed by atoms with Crippen molar-refractivity contribution < 1.29 is 4.74 Å². The minimum absolute atomic E-state index is 0.117. The van der Waals surface area contributed by atoms with E-state index in [9.17, 15) is 0 Å². The Labute approximate surface area is 113 Å². The summed E-state index contributed by atoms with van der Waals surface area (Å²) in [5, 5.41) is 0.117. The van der Waals surface area contributed by atoms with Crippen molar-refractivity contribution in [1.82, 2.24) is 15.0 Å². The van der Waals surface area contributed by atoms with E-state index in [1.54, 1.807) is 7.11 Å². The summed E-state index contributed by atoms with van der Waals surface area (Å²) in [6, 6.07) is 0.331. The van der Waals surface area contributed by atoms with Crippen LogP contribution in [-0.2, 0) is 4.74 Å². The summed E-state index contributed by atoms with van der Waals surface area (Å²) in [5.74, 6) is 0.650. The third-order valence-electron chi connectivity index (χ3n) is 2.79. The van der Waals surface area contributed by atoms with Crippen molar-refractivity contribution in [3.63, 3.8) is 0 Å². The molecule has 0 aliphatic rings. The SMILES string of the molecule is CCC(CC)N(CCOC)c1nc(N)nc(Cl)n1. The first-order valence-electron chi connectivity index (χ1n) is 6.04. The van der Waals surface area contributed by atoms with Gasteiger partial charge in [-0.05, 0) is 24.4 Å². The molecule has 0 fully saturated rings. The lowest BCUT2D eigenvalue weighted by Crippen LogP contribution is -2.38. The number of nitrogen functional groups attached to an aromatic ring is 1. The van der Waals surface area contributed by atoms with E-state index in [0.29, 0.717) is 25.1 Å². The fourth-order valence-corrected chi connectivity index (χ4v) is 2.01. The smallest absolute Gasteiger partial charge is 0.231 e. The third-order valence-corrected chi connectivity index (χ3v) is 2.96. The molecule has 0 amide bonds. The quantitative estimate of drug-likeness (QED) is 0.815. The number of aromatic nitrogens is 3. The summed E-state index contributed by atoms with van der Waals surface area (Å²) in [6.45, 7) is 5.54. The second-order valence-corrected chi connectivity index (χ2v) is 4.26. The summed E-state index contributed by atoms with van der Waals surface area (Å²) in [7, 11) is 1.67. The summed E-state index contributed by atoms with van der Waals surface area (Å²) in [5.41, 5.74) is 5.60. The van der Waals surface area contributed by atoms with E-state index in [-0.39, 0.29) is 11.2 Å². The monoisotopic (exact) mass is 273 g/mol. The van der Waals surface area contributed by atoms with Gasteiger partial charge in [-0.2, -0.15) is 15.0 Å². The van der Waals surface area contributed by atoms with Crippen molar-refractivity contribution in [2.75, 3.05) is 30.9 Å². The first-order chi connectivity index (χ1) is 8.62. The van der Waals surface area contributed by atoms with Gasteiger partial charge < -0.3 is 15.4 Å². The van der Waals surface area contributed by atoms with E-state index in [0.717, 1.165) is 12.8 Å². The maximum atomic E-state index is 5.82. The molecule has 0 aliphatic carbocycles. The van der Waals surface area contributed by atoms with Crippen LogP contribution in [0.25, 0.3) is 0 Å².